The van der Waals surface area contributed by atoms with Crippen LogP contribution in [0, 0.1) is 0 Å². The standard InChI is InChI=1S/C21H26Cl2N8O3S/c1-3-5-9-29(16-17(24)30(8-4-2)20(34)26-19(16)33)15(32)11-35-21-28-27-18(31(21)25)13-7-6-12(22)10-14(13)23/h6-7,10H,3-5,8-9,11,24-25H2,1-2H3,(H,26,33,34). The molecule has 3 aromatic rings. The lowest BCUT2D eigenvalue weighted by Crippen LogP contribution is -2.42. The highest BCUT2D eigenvalue weighted by molar-refractivity contribution is 7.99. The summed E-state index contributed by atoms with van der Waals surface area (Å²) in [5.41, 5.74) is 5.35. The van der Waals surface area contributed by atoms with Crippen molar-refractivity contribution < 1.29 is 4.79 Å². The van der Waals surface area contributed by atoms with Crippen LogP contribution in [0.5, 0.6) is 0 Å². The number of hydrogen-bond donors (Lipinski definition) is 3. The van der Waals surface area contributed by atoms with Crippen molar-refractivity contribution in [2.45, 2.75) is 44.8 Å². The van der Waals surface area contributed by atoms with Gasteiger partial charge in [-0.25, -0.2) is 9.47 Å². The predicted molar refractivity (Wildman–Crippen MR) is 140 cm³/mol. The molecule has 35 heavy (non-hydrogen) atoms. The van der Waals surface area contributed by atoms with E-state index in [-0.39, 0.29) is 29.0 Å². The number of rotatable bonds is 10. The topological polar surface area (TPSA) is 158 Å². The molecule has 1 amide bonds. The van der Waals surface area contributed by atoms with Crippen molar-refractivity contribution in [2.75, 3.05) is 28.8 Å². The van der Waals surface area contributed by atoms with Crippen LogP contribution in [0.1, 0.15) is 33.1 Å². The summed E-state index contributed by atoms with van der Waals surface area (Å²) in [6.45, 7) is 4.41. The van der Waals surface area contributed by atoms with E-state index in [1.807, 2.05) is 13.8 Å². The molecule has 11 nitrogen and oxygen atoms in total. The first-order valence-corrected chi connectivity index (χ1v) is 12.6. The highest BCUT2D eigenvalue weighted by Gasteiger charge is 2.25. The number of aromatic nitrogens is 5. The molecular formula is C21H26Cl2N8O3S. The van der Waals surface area contributed by atoms with E-state index >= 15 is 0 Å². The highest BCUT2D eigenvalue weighted by atomic mass is 35.5. The quantitative estimate of drug-likeness (QED) is 0.261. The van der Waals surface area contributed by atoms with Gasteiger partial charge in [-0.2, -0.15) is 0 Å². The summed E-state index contributed by atoms with van der Waals surface area (Å²) in [5.74, 6) is 5.92. The molecule has 0 atom stereocenters. The van der Waals surface area contributed by atoms with Gasteiger partial charge < -0.3 is 16.5 Å². The van der Waals surface area contributed by atoms with E-state index in [4.69, 9.17) is 34.8 Å². The number of hydrogen-bond acceptors (Lipinski definition) is 8. The lowest BCUT2D eigenvalue weighted by atomic mass is 10.2. The van der Waals surface area contributed by atoms with Gasteiger partial charge in [0.1, 0.15) is 5.82 Å². The summed E-state index contributed by atoms with van der Waals surface area (Å²) in [6.07, 6.45) is 2.04. The Bertz CT molecular complexity index is 1340. The summed E-state index contributed by atoms with van der Waals surface area (Å²) >= 11 is 13.2. The molecule has 0 spiro atoms. The van der Waals surface area contributed by atoms with Crippen LogP contribution in [0.2, 0.25) is 10.0 Å². The van der Waals surface area contributed by atoms with Gasteiger partial charge >= 0.3 is 5.69 Å². The van der Waals surface area contributed by atoms with Crippen molar-refractivity contribution >= 4 is 52.4 Å². The molecule has 0 fully saturated rings. The monoisotopic (exact) mass is 540 g/mol. The van der Waals surface area contributed by atoms with Gasteiger partial charge in [-0.1, -0.05) is 55.2 Å². The lowest BCUT2D eigenvalue weighted by Gasteiger charge is -2.24. The van der Waals surface area contributed by atoms with Crippen molar-refractivity contribution in [2.24, 2.45) is 0 Å². The minimum absolute atomic E-state index is 0.0417. The second-order valence-corrected chi connectivity index (χ2v) is 9.42. The van der Waals surface area contributed by atoms with Gasteiger partial charge in [0.05, 0.1) is 10.8 Å². The molecule has 5 N–H and O–H groups in total. The number of carbonyl (C=O) groups excluding carboxylic acids is 1. The maximum Gasteiger partial charge on any atom is 0.330 e. The van der Waals surface area contributed by atoms with Crippen molar-refractivity contribution in [3.8, 4) is 11.4 Å². The summed E-state index contributed by atoms with van der Waals surface area (Å²) in [7, 11) is 0. The van der Waals surface area contributed by atoms with Crippen LogP contribution in [-0.4, -0.2) is 42.6 Å². The van der Waals surface area contributed by atoms with E-state index < -0.39 is 17.2 Å². The number of unbranched alkanes of at least 4 members (excludes halogenated alkanes) is 1. The average molecular weight is 541 g/mol. The van der Waals surface area contributed by atoms with Gasteiger partial charge in [0.25, 0.3) is 5.56 Å². The van der Waals surface area contributed by atoms with E-state index in [0.717, 1.165) is 18.2 Å². The number of halogens is 2. The van der Waals surface area contributed by atoms with Crippen LogP contribution in [0.25, 0.3) is 11.4 Å². The summed E-state index contributed by atoms with van der Waals surface area (Å²) in [5, 5.41) is 9.23. The zero-order valence-electron chi connectivity index (χ0n) is 19.3. The molecule has 0 aliphatic rings. The maximum absolute atomic E-state index is 13.2. The molecule has 14 heteroatoms. The van der Waals surface area contributed by atoms with Crippen molar-refractivity contribution in [3.05, 3.63) is 49.1 Å². The lowest BCUT2D eigenvalue weighted by molar-refractivity contribution is -0.116. The number of aromatic amines is 1. The first kappa shape index (κ1) is 26.6. The molecule has 0 aliphatic heterocycles. The van der Waals surface area contributed by atoms with E-state index in [1.54, 1.807) is 18.2 Å². The second-order valence-electron chi connectivity index (χ2n) is 7.63. The van der Waals surface area contributed by atoms with Gasteiger partial charge in [-0.05, 0) is 31.0 Å². The summed E-state index contributed by atoms with van der Waals surface area (Å²) in [6, 6.07) is 4.89. The van der Waals surface area contributed by atoms with E-state index in [1.165, 1.54) is 14.1 Å². The molecule has 1 aromatic carbocycles. The first-order chi connectivity index (χ1) is 16.7. The van der Waals surface area contributed by atoms with Crippen LogP contribution in [0.3, 0.4) is 0 Å². The SMILES string of the molecule is CCCCN(C(=O)CSc1nnc(-c2ccc(Cl)cc2Cl)n1N)c1c(N)n(CCC)c(=O)[nH]c1=O. The number of anilines is 2. The fourth-order valence-electron chi connectivity index (χ4n) is 3.40. The largest absolute Gasteiger partial charge is 0.383 e. The molecule has 0 saturated heterocycles. The van der Waals surface area contributed by atoms with Crippen molar-refractivity contribution in [3.63, 3.8) is 0 Å². The average Bonchev–Trinajstić information content (AvgIpc) is 3.17. The molecule has 0 radical (unpaired) electrons. The summed E-state index contributed by atoms with van der Waals surface area (Å²) < 4.78 is 2.49. The van der Waals surface area contributed by atoms with Crippen LogP contribution in [0.4, 0.5) is 11.5 Å². The number of benzene rings is 1. The summed E-state index contributed by atoms with van der Waals surface area (Å²) in [4.78, 5) is 41.7. The van der Waals surface area contributed by atoms with Crippen LogP contribution >= 0.6 is 35.0 Å². The molecule has 2 heterocycles. The molecule has 3 rings (SSSR count). The Balaban J connectivity index is 1.87. The molecule has 188 valence electrons. The van der Waals surface area contributed by atoms with Crippen LogP contribution < -0.4 is 27.7 Å². The fourth-order valence-corrected chi connectivity index (χ4v) is 4.62. The fraction of sp³-hybridized carbons (Fsp3) is 0.381. The third-order valence-corrected chi connectivity index (χ3v) is 6.60. The molecule has 0 unspecified atom stereocenters. The number of carbonyl (C=O) groups is 1. The minimum Gasteiger partial charge on any atom is -0.383 e. The normalized spacial score (nSPS) is 11.1. The zero-order valence-corrected chi connectivity index (χ0v) is 21.6. The van der Waals surface area contributed by atoms with E-state index in [9.17, 15) is 14.4 Å². The Labute approximate surface area is 215 Å². The molecule has 0 bridgehead atoms. The Morgan fingerprint density at radius 1 is 1.20 bits per heavy atom. The Kier molecular flexibility index (Phi) is 8.87. The molecule has 0 aliphatic carbocycles. The van der Waals surface area contributed by atoms with E-state index in [0.29, 0.717) is 40.8 Å². The number of amides is 1. The number of nitrogens with zero attached hydrogens (tertiary/aromatic N) is 5. The third kappa shape index (κ3) is 5.82. The molecule has 2 aromatic heterocycles. The van der Waals surface area contributed by atoms with Crippen LogP contribution in [0.15, 0.2) is 32.9 Å². The predicted octanol–water partition coefficient (Wildman–Crippen LogP) is 2.73. The third-order valence-electron chi connectivity index (χ3n) is 5.13. The molecule has 0 saturated carbocycles. The van der Waals surface area contributed by atoms with Gasteiger partial charge in [-0.3, -0.25) is 19.1 Å². The number of nitrogens with one attached hydrogen (secondary N) is 1. The highest BCUT2D eigenvalue weighted by Crippen LogP contribution is 2.30. The number of thioether (sulfide) groups is 1. The van der Waals surface area contributed by atoms with Gasteiger partial charge in [0.2, 0.25) is 11.1 Å². The Morgan fingerprint density at radius 2 is 1.94 bits per heavy atom. The van der Waals surface area contributed by atoms with Crippen molar-refractivity contribution in [1.82, 2.24) is 24.4 Å². The zero-order chi connectivity index (χ0) is 25.7. The number of nitrogen functional groups attached to an aromatic ring is 2. The van der Waals surface area contributed by atoms with E-state index in [2.05, 4.69) is 15.2 Å². The Morgan fingerprint density at radius 3 is 2.60 bits per heavy atom. The van der Waals surface area contributed by atoms with Gasteiger partial charge in [-0.15, -0.1) is 10.2 Å². The van der Waals surface area contributed by atoms with Crippen LogP contribution in [-0.2, 0) is 11.3 Å². The first-order valence-electron chi connectivity index (χ1n) is 10.9. The minimum atomic E-state index is -0.712. The maximum atomic E-state index is 13.2. The second kappa shape index (κ2) is 11.6. The molecular weight excluding hydrogens is 515 g/mol. The number of nitrogens with two attached hydrogens (primary N) is 2. The van der Waals surface area contributed by atoms with Crippen molar-refractivity contribution in [1.29, 1.82) is 0 Å². The Hall–Kier alpha value is -2.96. The number of H-pyrrole nitrogens is 1. The van der Waals surface area contributed by atoms with Gasteiger partial charge in [0, 0.05) is 23.7 Å². The van der Waals surface area contributed by atoms with Gasteiger partial charge in [0.15, 0.2) is 11.5 Å². The smallest absolute Gasteiger partial charge is 0.330 e.